The van der Waals surface area contributed by atoms with E-state index in [0.717, 1.165) is 6.61 Å². The molecule has 0 N–H and O–H groups in total. The van der Waals surface area contributed by atoms with Crippen LogP contribution in [0.1, 0.15) is 42.5 Å². The molecule has 4 rings (SSSR count). The summed E-state index contributed by atoms with van der Waals surface area (Å²) in [7, 11) is 0. The Kier molecular flexibility index (Phi) is 3.96. The Labute approximate surface area is 132 Å². The number of rotatable bonds is 2. The summed E-state index contributed by atoms with van der Waals surface area (Å²) in [5.41, 5.74) is 2.67. The largest absolute Gasteiger partial charge is 0.370 e. The van der Waals surface area contributed by atoms with Gasteiger partial charge in [0.15, 0.2) is 0 Å². The minimum Gasteiger partial charge on any atom is -0.370 e. The third kappa shape index (κ3) is 2.57. The summed E-state index contributed by atoms with van der Waals surface area (Å²) in [5, 5.41) is 0. The molecule has 2 heteroatoms. The van der Waals surface area contributed by atoms with Gasteiger partial charge in [-0.2, -0.15) is 0 Å². The summed E-state index contributed by atoms with van der Waals surface area (Å²) in [6, 6.07) is 22.5. The molecule has 2 nitrogen and oxygen atoms in total. The predicted molar refractivity (Wildman–Crippen MR) is 88.7 cm³/mol. The molecule has 3 unspecified atom stereocenters. The molecule has 2 aromatic carbocycles. The van der Waals surface area contributed by atoms with Crippen molar-refractivity contribution in [2.45, 2.75) is 37.5 Å². The first kappa shape index (κ1) is 14.0. The first-order chi connectivity index (χ1) is 10.9. The van der Waals surface area contributed by atoms with E-state index >= 15 is 0 Å². The summed E-state index contributed by atoms with van der Waals surface area (Å²) in [5.74, 6) is 0. The zero-order valence-corrected chi connectivity index (χ0v) is 12.9. The number of hydrogen-bond donors (Lipinski definition) is 0. The molecule has 114 valence electrons. The van der Waals surface area contributed by atoms with E-state index in [4.69, 9.17) is 4.74 Å². The predicted octanol–water partition coefficient (Wildman–Crippen LogP) is 4.35. The highest BCUT2D eigenvalue weighted by Gasteiger charge is 2.40. The van der Waals surface area contributed by atoms with E-state index in [9.17, 15) is 0 Å². The van der Waals surface area contributed by atoms with Gasteiger partial charge in [0.05, 0.1) is 12.6 Å². The standard InChI is InChI=1S/C20H23NO/c1-3-9-16(10-4-1)19-20(17-11-5-2-6-12-17)22-15-18-13-7-8-14-21(18)19/h1-6,9-12,18-20H,7-8,13-15H2. The van der Waals surface area contributed by atoms with Gasteiger partial charge >= 0.3 is 0 Å². The average molecular weight is 293 g/mol. The van der Waals surface area contributed by atoms with Crippen molar-refractivity contribution in [1.82, 2.24) is 4.90 Å². The summed E-state index contributed by atoms with van der Waals surface area (Å²) in [6.45, 7) is 2.06. The van der Waals surface area contributed by atoms with E-state index < -0.39 is 0 Å². The SMILES string of the molecule is c1ccc(C2OCC3CCCCN3C2c2ccccc2)cc1. The maximum atomic E-state index is 6.36. The molecule has 2 fully saturated rings. The molecule has 0 bridgehead atoms. The lowest BCUT2D eigenvalue weighted by Crippen LogP contribution is -2.50. The van der Waals surface area contributed by atoms with Crippen molar-refractivity contribution in [3.63, 3.8) is 0 Å². The number of nitrogens with zero attached hydrogens (tertiary/aromatic N) is 1. The second-order valence-corrected chi connectivity index (χ2v) is 6.41. The third-order valence-electron chi connectivity index (χ3n) is 5.05. The van der Waals surface area contributed by atoms with Gasteiger partial charge in [-0.15, -0.1) is 0 Å². The van der Waals surface area contributed by atoms with Crippen LogP contribution in [0, 0.1) is 0 Å². The number of piperidine rings is 1. The smallest absolute Gasteiger partial charge is 0.102 e. The van der Waals surface area contributed by atoms with Crippen LogP contribution in [0.2, 0.25) is 0 Å². The van der Waals surface area contributed by atoms with Gasteiger partial charge in [0.2, 0.25) is 0 Å². The monoisotopic (exact) mass is 293 g/mol. The summed E-state index contributed by atoms with van der Waals surface area (Å²) in [6.07, 6.45) is 4.05. The highest BCUT2D eigenvalue weighted by molar-refractivity contribution is 5.27. The minimum absolute atomic E-state index is 0.137. The van der Waals surface area contributed by atoms with E-state index in [1.54, 1.807) is 0 Å². The minimum atomic E-state index is 0.137. The van der Waals surface area contributed by atoms with Crippen LogP contribution in [0.5, 0.6) is 0 Å². The van der Waals surface area contributed by atoms with Gasteiger partial charge in [-0.05, 0) is 30.5 Å². The molecule has 0 aliphatic carbocycles. The normalized spacial score (nSPS) is 29.0. The molecule has 0 spiro atoms. The fraction of sp³-hybridized carbons (Fsp3) is 0.400. The molecule has 3 atom stereocenters. The van der Waals surface area contributed by atoms with Crippen LogP contribution in [0.25, 0.3) is 0 Å². The fourth-order valence-electron chi connectivity index (χ4n) is 3.99. The molecule has 2 aliphatic heterocycles. The Morgan fingerprint density at radius 2 is 1.50 bits per heavy atom. The van der Waals surface area contributed by atoms with Crippen LogP contribution in [-0.4, -0.2) is 24.1 Å². The maximum Gasteiger partial charge on any atom is 0.102 e. The van der Waals surface area contributed by atoms with Gasteiger partial charge in [0, 0.05) is 6.04 Å². The average Bonchev–Trinajstić information content (AvgIpc) is 2.62. The molecule has 2 aromatic rings. The van der Waals surface area contributed by atoms with Crippen LogP contribution in [0.3, 0.4) is 0 Å². The molecule has 2 saturated heterocycles. The van der Waals surface area contributed by atoms with Gasteiger partial charge in [0.1, 0.15) is 6.10 Å². The Morgan fingerprint density at radius 1 is 0.818 bits per heavy atom. The summed E-state index contributed by atoms with van der Waals surface area (Å²) < 4.78 is 6.36. The number of morpholine rings is 1. The number of hydrogen-bond acceptors (Lipinski definition) is 2. The number of benzene rings is 2. The van der Waals surface area contributed by atoms with Gasteiger partial charge in [-0.3, -0.25) is 4.90 Å². The highest BCUT2D eigenvalue weighted by Crippen LogP contribution is 2.43. The van der Waals surface area contributed by atoms with Crippen LogP contribution in [-0.2, 0) is 4.74 Å². The van der Waals surface area contributed by atoms with E-state index in [2.05, 4.69) is 65.6 Å². The van der Waals surface area contributed by atoms with Crippen molar-refractivity contribution in [3.05, 3.63) is 71.8 Å². The Bertz CT molecular complexity index is 598. The zero-order valence-electron chi connectivity index (χ0n) is 12.9. The molecular weight excluding hydrogens is 270 g/mol. The van der Waals surface area contributed by atoms with Crippen molar-refractivity contribution in [3.8, 4) is 0 Å². The lowest BCUT2D eigenvalue weighted by atomic mass is 9.88. The van der Waals surface area contributed by atoms with E-state index in [-0.39, 0.29) is 6.10 Å². The zero-order chi connectivity index (χ0) is 14.8. The molecule has 0 radical (unpaired) electrons. The quantitative estimate of drug-likeness (QED) is 0.816. The molecule has 22 heavy (non-hydrogen) atoms. The van der Waals surface area contributed by atoms with Gasteiger partial charge in [-0.25, -0.2) is 0 Å². The number of ether oxygens (including phenoxy) is 1. The van der Waals surface area contributed by atoms with Gasteiger partial charge in [-0.1, -0.05) is 67.1 Å². The fourth-order valence-corrected chi connectivity index (χ4v) is 3.99. The molecule has 0 saturated carbocycles. The van der Waals surface area contributed by atoms with Gasteiger partial charge < -0.3 is 4.74 Å². The topological polar surface area (TPSA) is 12.5 Å². The van der Waals surface area contributed by atoms with E-state index in [1.165, 1.54) is 36.9 Å². The molecule has 0 amide bonds. The van der Waals surface area contributed by atoms with Crippen LogP contribution in [0.15, 0.2) is 60.7 Å². The second-order valence-electron chi connectivity index (χ2n) is 6.41. The first-order valence-corrected chi connectivity index (χ1v) is 8.41. The highest BCUT2D eigenvalue weighted by atomic mass is 16.5. The van der Waals surface area contributed by atoms with Crippen molar-refractivity contribution >= 4 is 0 Å². The second kappa shape index (κ2) is 6.23. The van der Waals surface area contributed by atoms with Crippen LogP contribution >= 0.6 is 0 Å². The third-order valence-corrected chi connectivity index (χ3v) is 5.05. The first-order valence-electron chi connectivity index (χ1n) is 8.41. The number of fused-ring (bicyclic) bond motifs is 1. The lowest BCUT2D eigenvalue weighted by Gasteiger charge is -2.49. The summed E-state index contributed by atoms with van der Waals surface area (Å²) >= 11 is 0. The van der Waals surface area contributed by atoms with Crippen molar-refractivity contribution in [2.24, 2.45) is 0 Å². The molecule has 2 heterocycles. The van der Waals surface area contributed by atoms with Crippen molar-refractivity contribution in [2.75, 3.05) is 13.2 Å². The Balaban J connectivity index is 1.73. The Morgan fingerprint density at radius 3 is 2.23 bits per heavy atom. The maximum absolute atomic E-state index is 6.36. The summed E-state index contributed by atoms with van der Waals surface area (Å²) in [4.78, 5) is 2.69. The van der Waals surface area contributed by atoms with Crippen LogP contribution in [0.4, 0.5) is 0 Å². The van der Waals surface area contributed by atoms with Crippen molar-refractivity contribution in [1.29, 1.82) is 0 Å². The van der Waals surface area contributed by atoms with Crippen LogP contribution < -0.4 is 0 Å². The molecule has 0 aromatic heterocycles. The van der Waals surface area contributed by atoms with E-state index in [1.807, 2.05) is 0 Å². The lowest BCUT2D eigenvalue weighted by molar-refractivity contribution is -0.119. The van der Waals surface area contributed by atoms with Crippen molar-refractivity contribution < 1.29 is 4.74 Å². The molecule has 2 aliphatic rings. The molecular formula is C20H23NO. The van der Waals surface area contributed by atoms with E-state index in [0.29, 0.717) is 12.1 Å². The van der Waals surface area contributed by atoms with Gasteiger partial charge in [0.25, 0.3) is 0 Å². The Hall–Kier alpha value is -1.64.